The highest BCUT2D eigenvalue weighted by atomic mass is 35.5. The highest BCUT2D eigenvalue weighted by molar-refractivity contribution is 6.23. The molecule has 0 atom stereocenters. The SMILES string of the molecule is CC(C)(Cl)CCOC(C)(C)CCNC(=O)c1cc(F)cc(F)c1. The minimum absolute atomic E-state index is 0.0369. The Labute approximate surface area is 141 Å². The maximum atomic E-state index is 13.1. The fourth-order valence-corrected chi connectivity index (χ4v) is 1.98. The number of alkyl halides is 1. The third-order valence-corrected chi connectivity index (χ3v) is 3.52. The van der Waals surface area contributed by atoms with Crippen LogP contribution in [0.2, 0.25) is 0 Å². The third kappa shape index (κ3) is 8.28. The molecule has 23 heavy (non-hydrogen) atoms. The molecule has 0 spiro atoms. The van der Waals surface area contributed by atoms with E-state index in [1.165, 1.54) is 0 Å². The first-order valence-corrected chi connectivity index (χ1v) is 7.93. The second-order valence-electron chi connectivity index (χ2n) is 6.74. The number of carbonyl (C=O) groups excluding carboxylic acids is 1. The highest BCUT2D eigenvalue weighted by Crippen LogP contribution is 2.20. The van der Waals surface area contributed by atoms with E-state index in [9.17, 15) is 13.6 Å². The van der Waals surface area contributed by atoms with E-state index in [1.807, 2.05) is 27.7 Å². The van der Waals surface area contributed by atoms with Gasteiger partial charge in [0.1, 0.15) is 11.6 Å². The van der Waals surface area contributed by atoms with Gasteiger partial charge in [-0.05, 0) is 52.7 Å². The summed E-state index contributed by atoms with van der Waals surface area (Å²) < 4.78 is 31.9. The number of amides is 1. The van der Waals surface area contributed by atoms with E-state index in [-0.39, 0.29) is 10.4 Å². The predicted molar refractivity (Wildman–Crippen MR) is 87.9 cm³/mol. The maximum Gasteiger partial charge on any atom is 0.251 e. The molecule has 1 N–H and O–H groups in total. The van der Waals surface area contributed by atoms with Crippen molar-refractivity contribution in [2.45, 2.75) is 51.0 Å². The number of carbonyl (C=O) groups is 1. The summed E-state index contributed by atoms with van der Waals surface area (Å²) in [6, 6.07) is 2.73. The number of nitrogens with one attached hydrogen (secondary N) is 1. The van der Waals surface area contributed by atoms with Crippen LogP contribution in [0.15, 0.2) is 18.2 Å². The summed E-state index contributed by atoms with van der Waals surface area (Å²) in [5, 5.41) is 2.64. The van der Waals surface area contributed by atoms with Gasteiger partial charge in [0, 0.05) is 29.7 Å². The van der Waals surface area contributed by atoms with Crippen LogP contribution >= 0.6 is 11.6 Å². The van der Waals surface area contributed by atoms with Gasteiger partial charge < -0.3 is 10.1 Å². The fourth-order valence-electron chi connectivity index (χ4n) is 1.91. The molecule has 0 aromatic heterocycles. The molecule has 1 rings (SSSR count). The van der Waals surface area contributed by atoms with Crippen LogP contribution in [0.5, 0.6) is 0 Å². The van der Waals surface area contributed by atoms with Crippen molar-refractivity contribution in [2.75, 3.05) is 13.2 Å². The molecule has 1 aromatic rings. The Morgan fingerprint density at radius 1 is 1.13 bits per heavy atom. The first kappa shape index (κ1) is 19.8. The van der Waals surface area contributed by atoms with E-state index in [0.717, 1.165) is 18.2 Å². The van der Waals surface area contributed by atoms with E-state index in [2.05, 4.69) is 5.32 Å². The first-order chi connectivity index (χ1) is 10.5. The number of rotatable bonds is 8. The zero-order valence-corrected chi connectivity index (χ0v) is 14.8. The van der Waals surface area contributed by atoms with Crippen molar-refractivity contribution in [1.82, 2.24) is 5.32 Å². The zero-order chi connectivity index (χ0) is 17.7. The fraction of sp³-hybridized carbons (Fsp3) is 0.588. The number of ether oxygens (including phenoxy) is 1. The van der Waals surface area contributed by atoms with Crippen LogP contribution < -0.4 is 5.32 Å². The first-order valence-electron chi connectivity index (χ1n) is 7.56. The lowest BCUT2D eigenvalue weighted by Crippen LogP contribution is -2.33. The van der Waals surface area contributed by atoms with Gasteiger partial charge in [-0.3, -0.25) is 4.79 Å². The Morgan fingerprint density at radius 2 is 1.70 bits per heavy atom. The number of hydrogen-bond acceptors (Lipinski definition) is 2. The highest BCUT2D eigenvalue weighted by Gasteiger charge is 2.21. The van der Waals surface area contributed by atoms with Gasteiger partial charge in [-0.15, -0.1) is 11.6 Å². The molecule has 0 saturated heterocycles. The second-order valence-corrected chi connectivity index (χ2v) is 7.76. The normalized spacial score (nSPS) is 12.3. The van der Waals surface area contributed by atoms with Crippen LogP contribution in [0.4, 0.5) is 8.78 Å². The van der Waals surface area contributed by atoms with Gasteiger partial charge in [0.05, 0.1) is 5.60 Å². The molecule has 1 amide bonds. The van der Waals surface area contributed by atoms with Gasteiger partial charge >= 0.3 is 0 Å². The van der Waals surface area contributed by atoms with Crippen LogP contribution in [0.25, 0.3) is 0 Å². The van der Waals surface area contributed by atoms with Crippen LogP contribution in [-0.2, 0) is 4.74 Å². The lowest BCUT2D eigenvalue weighted by Gasteiger charge is -2.27. The largest absolute Gasteiger partial charge is 0.375 e. The molecule has 0 saturated carbocycles. The van der Waals surface area contributed by atoms with E-state index >= 15 is 0 Å². The molecule has 0 aliphatic carbocycles. The van der Waals surface area contributed by atoms with Crippen LogP contribution in [-0.4, -0.2) is 29.5 Å². The Bertz CT molecular complexity index is 522. The van der Waals surface area contributed by atoms with Crippen molar-refractivity contribution in [2.24, 2.45) is 0 Å². The van der Waals surface area contributed by atoms with Gasteiger partial charge in [0.25, 0.3) is 5.91 Å². The van der Waals surface area contributed by atoms with Crippen LogP contribution in [0, 0.1) is 11.6 Å². The molecule has 0 radical (unpaired) electrons. The molecule has 0 unspecified atom stereocenters. The van der Waals surface area contributed by atoms with Gasteiger partial charge in [-0.1, -0.05) is 0 Å². The number of benzene rings is 1. The maximum absolute atomic E-state index is 13.1. The minimum Gasteiger partial charge on any atom is -0.375 e. The Hall–Kier alpha value is -1.20. The number of hydrogen-bond donors (Lipinski definition) is 1. The van der Waals surface area contributed by atoms with Gasteiger partial charge in [0.15, 0.2) is 0 Å². The Kier molecular flexibility index (Phi) is 6.96. The van der Waals surface area contributed by atoms with Crippen molar-refractivity contribution >= 4 is 17.5 Å². The number of halogens is 3. The quantitative estimate of drug-likeness (QED) is 0.712. The van der Waals surface area contributed by atoms with Crippen molar-refractivity contribution < 1.29 is 18.3 Å². The van der Waals surface area contributed by atoms with Crippen LogP contribution in [0.3, 0.4) is 0 Å². The zero-order valence-electron chi connectivity index (χ0n) is 14.0. The molecule has 130 valence electrons. The monoisotopic (exact) mass is 347 g/mol. The molecule has 0 bridgehead atoms. The predicted octanol–water partition coefficient (Wildman–Crippen LogP) is 4.29. The smallest absolute Gasteiger partial charge is 0.251 e. The standard InChI is InChI=1S/C17H24ClF2NO2/c1-16(2,18)6-8-23-17(3,4)5-7-21-15(22)12-9-13(19)11-14(20)10-12/h9-11H,5-8H2,1-4H3,(H,21,22). The summed E-state index contributed by atoms with van der Waals surface area (Å²) >= 11 is 6.10. The average Bonchev–Trinajstić information content (AvgIpc) is 2.35. The van der Waals surface area contributed by atoms with Crippen molar-refractivity contribution in [3.63, 3.8) is 0 Å². The van der Waals surface area contributed by atoms with Gasteiger partial charge in [-0.2, -0.15) is 0 Å². The lowest BCUT2D eigenvalue weighted by molar-refractivity contribution is -0.0258. The van der Waals surface area contributed by atoms with Gasteiger partial charge in [-0.25, -0.2) is 8.78 Å². The molecule has 0 aliphatic heterocycles. The molecule has 6 heteroatoms. The molecule has 1 aromatic carbocycles. The average molecular weight is 348 g/mol. The summed E-state index contributed by atoms with van der Waals surface area (Å²) in [7, 11) is 0. The summed E-state index contributed by atoms with van der Waals surface area (Å²) in [6.07, 6.45) is 1.28. The summed E-state index contributed by atoms with van der Waals surface area (Å²) in [6.45, 7) is 8.54. The molecule has 0 fully saturated rings. The van der Waals surface area contributed by atoms with Gasteiger partial charge in [0.2, 0.25) is 0 Å². The van der Waals surface area contributed by atoms with Crippen molar-refractivity contribution in [3.8, 4) is 0 Å². The molecular weight excluding hydrogens is 324 g/mol. The lowest BCUT2D eigenvalue weighted by atomic mass is 10.0. The van der Waals surface area contributed by atoms with E-state index in [0.29, 0.717) is 26.0 Å². The van der Waals surface area contributed by atoms with Crippen molar-refractivity contribution in [3.05, 3.63) is 35.4 Å². The Balaban J connectivity index is 2.41. The molecule has 3 nitrogen and oxygen atoms in total. The van der Waals surface area contributed by atoms with Crippen molar-refractivity contribution in [1.29, 1.82) is 0 Å². The Morgan fingerprint density at radius 3 is 2.22 bits per heavy atom. The molecular formula is C17H24ClF2NO2. The summed E-state index contributed by atoms with van der Waals surface area (Å²) in [4.78, 5) is 11.6. The summed E-state index contributed by atoms with van der Waals surface area (Å²) in [5.74, 6) is -2.06. The summed E-state index contributed by atoms with van der Waals surface area (Å²) in [5.41, 5.74) is -0.465. The molecule has 0 aliphatic rings. The second kappa shape index (κ2) is 8.06. The third-order valence-electron chi connectivity index (χ3n) is 3.33. The van der Waals surface area contributed by atoms with E-state index < -0.39 is 23.1 Å². The minimum atomic E-state index is -0.775. The topological polar surface area (TPSA) is 38.3 Å². The molecule has 0 heterocycles. The van der Waals surface area contributed by atoms with E-state index in [4.69, 9.17) is 16.3 Å². The van der Waals surface area contributed by atoms with Crippen LogP contribution in [0.1, 0.15) is 50.9 Å². The van der Waals surface area contributed by atoms with E-state index in [1.54, 1.807) is 0 Å².